The number of nitrogens with zero attached hydrogens (tertiary/aromatic N) is 2. The number of ether oxygens (including phenoxy) is 2. The number of carbonyl (C=O) groups is 1. The molecule has 1 aliphatic heterocycles. The smallest absolute Gasteiger partial charge is 0.412 e. The van der Waals surface area contributed by atoms with Gasteiger partial charge in [0.2, 0.25) is 0 Å². The molecule has 2 atom stereocenters. The summed E-state index contributed by atoms with van der Waals surface area (Å²) in [6.07, 6.45) is 6.78. The van der Waals surface area contributed by atoms with Crippen molar-refractivity contribution in [3.05, 3.63) is 30.1 Å². The number of carbonyl (C=O) groups excluding carboxylic acids is 1. The minimum atomic E-state index is -3.05. The van der Waals surface area contributed by atoms with Crippen LogP contribution in [-0.2, 0) is 15.4 Å². The van der Waals surface area contributed by atoms with Gasteiger partial charge in [-0.05, 0) is 65.5 Å². The van der Waals surface area contributed by atoms with Crippen LogP contribution in [0.15, 0.2) is 24.4 Å². The van der Waals surface area contributed by atoms with Gasteiger partial charge < -0.3 is 9.47 Å². The van der Waals surface area contributed by atoms with Gasteiger partial charge >= 0.3 is 6.09 Å². The Kier molecular flexibility index (Phi) is 7.48. The van der Waals surface area contributed by atoms with Crippen molar-refractivity contribution in [3.8, 4) is 0 Å². The van der Waals surface area contributed by atoms with E-state index in [-0.39, 0.29) is 24.6 Å². The monoisotopic (exact) mass is 452 g/mol. The highest BCUT2D eigenvalue weighted by atomic mass is 19.3. The van der Waals surface area contributed by atoms with Gasteiger partial charge in [-0.25, -0.2) is 4.79 Å². The average Bonchev–Trinajstić information content (AvgIpc) is 2.96. The molecular weight excluding hydrogens is 414 g/mol. The van der Waals surface area contributed by atoms with Gasteiger partial charge in [0.1, 0.15) is 17.0 Å². The van der Waals surface area contributed by atoms with Crippen LogP contribution in [-0.4, -0.2) is 39.4 Å². The molecule has 1 aromatic heterocycles. The van der Waals surface area contributed by atoms with Crippen molar-refractivity contribution < 1.29 is 23.0 Å². The molecule has 3 rings (SSSR count). The van der Waals surface area contributed by atoms with E-state index in [2.05, 4.69) is 4.98 Å². The number of rotatable bonds is 6. The quantitative estimate of drug-likeness (QED) is 0.484. The molecule has 180 valence electrons. The van der Waals surface area contributed by atoms with Crippen LogP contribution in [0.5, 0.6) is 0 Å². The van der Waals surface area contributed by atoms with Crippen LogP contribution in [0.1, 0.15) is 91.7 Å². The summed E-state index contributed by atoms with van der Waals surface area (Å²) in [6, 6.07) is 4.26. The molecule has 5 nitrogen and oxygen atoms in total. The number of pyridine rings is 1. The molecule has 0 radical (unpaired) electrons. The normalized spacial score (nSPS) is 24.5. The Morgan fingerprint density at radius 3 is 2.50 bits per heavy atom. The van der Waals surface area contributed by atoms with Crippen molar-refractivity contribution in [1.82, 2.24) is 9.88 Å². The van der Waals surface area contributed by atoms with Crippen molar-refractivity contribution in [2.45, 2.75) is 115 Å². The van der Waals surface area contributed by atoms with E-state index < -0.39 is 29.4 Å². The maximum absolute atomic E-state index is 14.8. The van der Waals surface area contributed by atoms with E-state index in [1.54, 1.807) is 17.0 Å². The van der Waals surface area contributed by atoms with Gasteiger partial charge in [-0.2, -0.15) is 8.78 Å². The van der Waals surface area contributed by atoms with Crippen LogP contribution < -0.4 is 0 Å². The molecule has 0 aromatic carbocycles. The van der Waals surface area contributed by atoms with Gasteiger partial charge in [-0.15, -0.1) is 0 Å². The molecule has 1 saturated carbocycles. The Bertz CT molecular complexity index is 758. The zero-order valence-electron chi connectivity index (χ0n) is 20.1. The summed E-state index contributed by atoms with van der Waals surface area (Å²) < 4.78 is 41.6. The molecular formula is C25H38F2N2O3. The number of halogens is 2. The Labute approximate surface area is 190 Å². The van der Waals surface area contributed by atoms with Crippen LogP contribution >= 0.6 is 0 Å². The van der Waals surface area contributed by atoms with E-state index in [0.29, 0.717) is 5.92 Å². The largest absolute Gasteiger partial charge is 0.444 e. The van der Waals surface area contributed by atoms with Gasteiger partial charge in [-0.3, -0.25) is 9.88 Å². The van der Waals surface area contributed by atoms with Crippen LogP contribution in [0, 0.1) is 5.92 Å². The number of hydrogen-bond donors (Lipinski definition) is 0. The lowest BCUT2D eigenvalue weighted by atomic mass is 9.83. The van der Waals surface area contributed by atoms with Crippen molar-refractivity contribution in [2.24, 2.45) is 5.92 Å². The molecule has 0 bridgehead atoms. The molecule has 0 spiro atoms. The van der Waals surface area contributed by atoms with Gasteiger partial charge in [0.05, 0.1) is 12.1 Å². The number of alkyl halides is 2. The molecule has 1 aliphatic carbocycles. The van der Waals surface area contributed by atoms with E-state index >= 15 is 0 Å². The predicted molar refractivity (Wildman–Crippen MR) is 119 cm³/mol. The number of hydrogen-bond acceptors (Lipinski definition) is 4. The Morgan fingerprint density at radius 1 is 1.22 bits per heavy atom. The standard InChI is InChI=1S/C25H38F2N2O3/c1-23(2,3)32-22(30)29-19(17-18-11-7-6-8-12-18)20(31-24(29,4)5)14-15-25(26,27)21-13-9-10-16-28-21/h9-10,13,16,18-20H,6-8,11-12,14-15,17H2,1-5H3. The lowest BCUT2D eigenvalue weighted by Gasteiger charge is -2.37. The van der Waals surface area contributed by atoms with Gasteiger partial charge in [0.25, 0.3) is 5.92 Å². The second-order valence-electron chi connectivity index (χ2n) is 10.7. The molecule has 7 heteroatoms. The minimum Gasteiger partial charge on any atom is -0.444 e. The van der Waals surface area contributed by atoms with Crippen molar-refractivity contribution in [2.75, 3.05) is 0 Å². The Morgan fingerprint density at radius 2 is 1.91 bits per heavy atom. The highest BCUT2D eigenvalue weighted by molar-refractivity contribution is 5.70. The summed E-state index contributed by atoms with van der Waals surface area (Å²) in [5, 5.41) is 0. The van der Waals surface area contributed by atoms with E-state index in [9.17, 15) is 13.6 Å². The first-order chi connectivity index (χ1) is 14.9. The first-order valence-electron chi connectivity index (χ1n) is 11.9. The van der Waals surface area contributed by atoms with Crippen molar-refractivity contribution in [3.63, 3.8) is 0 Å². The topological polar surface area (TPSA) is 51.7 Å². The highest BCUT2D eigenvalue weighted by Gasteiger charge is 2.52. The van der Waals surface area contributed by atoms with Crippen LogP contribution in [0.3, 0.4) is 0 Å². The minimum absolute atomic E-state index is 0.143. The highest BCUT2D eigenvalue weighted by Crippen LogP contribution is 2.42. The molecule has 1 saturated heterocycles. The molecule has 0 N–H and O–H groups in total. The lowest BCUT2D eigenvalue weighted by molar-refractivity contribution is -0.0883. The SMILES string of the molecule is CC(C)(C)OC(=O)N1C(CC2CCCCC2)C(CCC(F)(F)c2ccccn2)OC1(C)C. The fourth-order valence-corrected chi connectivity index (χ4v) is 5.04. The average molecular weight is 453 g/mol. The van der Waals surface area contributed by atoms with E-state index in [4.69, 9.17) is 9.47 Å². The zero-order chi connectivity index (χ0) is 23.6. The fourth-order valence-electron chi connectivity index (χ4n) is 5.04. The van der Waals surface area contributed by atoms with E-state index in [0.717, 1.165) is 19.3 Å². The summed E-state index contributed by atoms with van der Waals surface area (Å²) in [6.45, 7) is 9.13. The molecule has 1 aromatic rings. The summed E-state index contributed by atoms with van der Waals surface area (Å²) in [5.74, 6) is -2.58. The molecule has 2 heterocycles. The predicted octanol–water partition coefficient (Wildman–Crippen LogP) is 6.66. The first kappa shape index (κ1) is 24.9. The van der Waals surface area contributed by atoms with Crippen molar-refractivity contribution >= 4 is 6.09 Å². The lowest BCUT2D eigenvalue weighted by Crippen LogP contribution is -2.50. The Balaban J connectivity index is 1.80. The first-order valence-corrected chi connectivity index (χ1v) is 11.9. The van der Waals surface area contributed by atoms with Crippen LogP contribution in [0.2, 0.25) is 0 Å². The molecule has 2 unspecified atom stereocenters. The molecule has 1 amide bonds. The van der Waals surface area contributed by atoms with Crippen molar-refractivity contribution in [1.29, 1.82) is 0 Å². The van der Waals surface area contributed by atoms with Gasteiger partial charge in [0, 0.05) is 12.6 Å². The number of aromatic nitrogens is 1. The Hall–Kier alpha value is -1.76. The third-order valence-electron chi connectivity index (χ3n) is 6.45. The fraction of sp³-hybridized carbons (Fsp3) is 0.760. The molecule has 2 fully saturated rings. The molecule has 2 aliphatic rings. The third kappa shape index (κ3) is 6.18. The maximum atomic E-state index is 14.8. The summed E-state index contributed by atoms with van der Waals surface area (Å²) in [7, 11) is 0. The van der Waals surface area contributed by atoms with Gasteiger partial charge in [-0.1, -0.05) is 38.2 Å². The van der Waals surface area contributed by atoms with E-state index in [1.807, 2.05) is 34.6 Å². The molecule has 32 heavy (non-hydrogen) atoms. The van der Waals surface area contributed by atoms with Gasteiger partial charge in [0.15, 0.2) is 0 Å². The number of amides is 1. The summed E-state index contributed by atoms with van der Waals surface area (Å²) in [5.41, 5.74) is -1.80. The second kappa shape index (κ2) is 9.62. The maximum Gasteiger partial charge on any atom is 0.412 e. The zero-order valence-corrected chi connectivity index (χ0v) is 20.1. The summed E-state index contributed by atoms with van der Waals surface area (Å²) >= 11 is 0. The van der Waals surface area contributed by atoms with Crippen LogP contribution in [0.25, 0.3) is 0 Å². The van der Waals surface area contributed by atoms with Crippen LogP contribution in [0.4, 0.5) is 13.6 Å². The van der Waals surface area contributed by atoms with E-state index in [1.165, 1.54) is 31.5 Å². The summed E-state index contributed by atoms with van der Waals surface area (Å²) in [4.78, 5) is 18.7. The second-order valence-corrected chi connectivity index (χ2v) is 10.7. The third-order valence-corrected chi connectivity index (χ3v) is 6.45.